The molecular formula is C14H14N4O2. The van der Waals surface area contributed by atoms with Crippen molar-refractivity contribution in [1.29, 1.82) is 0 Å². The lowest BCUT2D eigenvalue weighted by Gasteiger charge is -2.02. The molecule has 102 valence electrons. The molecule has 0 spiro atoms. The van der Waals surface area contributed by atoms with Crippen LogP contribution in [0.4, 0.5) is 0 Å². The van der Waals surface area contributed by atoms with Crippen LogP contribution in [-0.4, -0.2) is 32.8 Å². The number of carbonyl (C=O) groups is 1. The van der Waals surface area contributed by atoms with Gasteiger partial charge < -0.3 is 4.74 Å². The summed E-state index contributed by atoms with van der Waals surface area (Å²) in [5.74, 6) is 1.23. The lowest BCUT2D eigenvalue weighted by atomic mass is 10.2. The summed E-state index contributed by atoms with van der Waals surface area (Å²) >= 11 is 0. The van der Waals surface area contributed by atoms with E-state index in [0.29, 0.717) is 5.56 Å². The Morgan fingerprint density at radius 2 is 2.10 bits per heavy atom. The van der Waals surface area contributed by atoms with Crippen LogP contribution in [0, 0.1) is 13.8 Å². The van der Waals surface area contributed by atoms with E-state index in [1.54, 1.807) is 12.1 Å². The van der Waals surface area contributed by atoms with Crippen LogP contribution in [-0.2, 0) is 4.74 Å². The summed E-state index contributed by atoms with van der Waals surface area (Å²) in [6.07, 6.45) is 0. The summed E-state index contributed by atoms with van der Waals surface area (Å²) in [5, 5.41) is 7.16. The Kier molecular flexibility index (Phi) is 2.78. The first-order valence-electron chi connectivity index (χ1n) is 6.20. The minimum atomic E-state index is -0.366. The normalized spacial score (nSPS) is 10.9. The van der Waals surface area contributed by atoms with Crippen LogP contribution in [0.25, 0.3) is 16.9 Å². The molecule has 1 aromatic carbocycles. The highest BCUT2D eigenvalue weighted by atomic mass is 16.5. The lowest BCUT2D eigenvalue weighted by molar-refractivity contribution is 0.0601. The van der Waals surface area contributed by atoms with Gasteiger partial charge in [-0.1, -0.05) is 0 Å². The number of fused-ring (bicyclic) bond motifs is 1. The van der Waals surface area contributed by atoms with Crippen molar-refractivity contribution in [3.05, 3.63) is 41.3 Å². The number of benzene rings is 1. The van der Waals surface area contributed by atoms with Crippen LogP contribution >= 0.6 is 0 Å². The second-order valence-corrected chi connectivity index (χ2v) is 4.60. The Hall–Kier alpha value is -2.63. The quantitative estimate of drug-likeness (QED) is 0.724. The van der Waals surface area contributed by atoms with Gasteiger partial charge in [-0.15, -0.1) is 0 Å². The molecule has 0 radical (unpaired) electrons. The third-order valence-corrected chi connectivity index (χ3v) is 3.16. The van der Waals surface area contributed by atoms with Gasteiger partial charge in [-0.05, 0) is 32.0 Å². The van der Waals surface area contributed by atoms with E-state index in [-0.39, 0.29) is 5.97 Å². The largest absolute Gasteiger partial charge is 0.465 e. The molecule has 0 saturated heterocycles. The van der Waals surface area contributed by atoms with Crippen molar-refractivity contribution in [2.45, 2.75) is 13.8 Å². The number of esters is 1. The molecule has 6 nitrogen and oxygen atoms in total. The maximum Gasteiger partial charge on any atom is 0.337 e. The van der Waals surface area contributed by atoms with Gasteiger partial charge in [-0.25, -0.2) is 9.78 Å². The van der Waals surface area contributed by atoms with Crippen LogP contribution < -0.4 is 0 Å². The molecule has 2 heterocycles. The molecule has 3 aromatic rings. The van der Waals surface area contributed by atoms with Crippen LogP contribution in [0.2, 0.25) is 0 Å². The molecule has 2 aromatic heterocycles. The second kappa shape index (κ2) is 4.48. The van der Waals surface area contributed by atoms with E-state index >= 15 is 0 Å². The highest BCUT2D eigenvalue weighted by Crippen LogP contribution is 2.21. The van der Waals surface area contributed by atoms with Crippen molar-refractivity contribution in [1.82, 2.24) is 19.7 Å². The summed E-state index contributed by atoms with van der Waals surface area (Å²) in [5.41, 5.74) is 3.11. The predicted octanol–water partition coefficient (Wildman–Crippen LogP) is 2.15. The number of hydrogen-bond donors (Lipinski definition) is 1. The number of H-pyrrole nitrogens is 1. The van der Waals surface area contributed by atoms with Gasteiger partial charge in [0.05, 0.1) is 23.7 Å². The molecule has 3 rings (SSSR count). The SMILES string of the molecule is COC(=O)c1ccc2c(c1)nc(C)n2-c1cc(C)[nH]n1. The first-order valence-corrected chi connectivity index (χ1v) is 6.20. The number of imidazole rings is 1. The van der Waals surface area contributed by atoms with Crippen molar-refractivity contribution in [2.24, 2.45) is 0 Å². The molecular weight excluding hydrogens is 256 g/mol. The summed E-state index contributed by atoms with van der Waals surface area (Å²) < 4.78 is 6.66. The van der Waals surface area contributed by atoms with Crippen LogP contribution in [0.15, 0.2) is 24.3 Å². The van der Waals surface area contributed by atoms with E-state index in [2.05, 4.69) is 15.2 Å². The Morgan fingerprint density at radius 1 is 1.30 bits per heavy atom. The number of ether oxygens (including phenoxy) is 1. The fraction of sp³-hybridized carbons (Fsp3) is 0.214. The average molecular weight is 270 g/mol. The Bertz CT molecular complexity index is 801. The number of aryl methyl sites for hydroxylation is 2. The van der Waals surface area contributed by atoms with Gasteiger partial charge in [0.15, 0.2) is 5.82 Å². The van der Waals surface area contributed by atoms with Gasteiger partial charge in [-0.2, -0.15) is 5.10 Å². The molecule has 0 aliphatic rings. The fourth-order valence-corrected chi connectivity index (χ4v) is 2.25. The van der Waals surface area contributed by atoms with E-state index in [1.807, 2.05) is 30.5 Å². The van der Waals surface area contributed by atoms with Crippen molar-refractivity contribution < 1.29 is 9.53 Å². The molecule has 0 bridgehead atoms. The molecule has 20 heavy (non-hydrogen) atoms. The molecule has 0 unspecified atom stereocenters. The number of nitrogens with zero attached hydrogens (tertiary/aromatic N) is 3. The zero-order chi connectivity index (χ0) is 14.3. The standard InChI is InChI=1S/C14H14N4O2/c1-8-6-13(17-16-8)18-9(2)15-11-7-10(14(19)20-3)4-5-12(11)18/h4-7H,1-3H3,(H,16,17). The number of aromatic nitrogens is 4. The Morgan fingerprint density at radius 3 is 2.75 bits per heavy atom. The van der Waals surface area contributed by atoms with E-state index in [0.717, 1.165) is 28.4 Å². The molecule has 0 aliphatic heterocycles. The van der Waals surface area contributed by atoms with E-state index in [9.17, 15) is 4.79 Å². The van der Waals surface area contributed by atoms with Gasteiger partial charge in [-0.3, -0.25) is 9.67 Å². The van der Waals surface area contributed by atoms with Gasteiger partial charge in [0, 0.05) is 11.8 Å². The number of rotatable bonds is 2. The molecule has 0 aliphatic carbocycles. The summed E-state index contributed by atoms with van der Waals surface area (Å²) in [6.45, 7) is 3.85. The molecule has 0 amide bonds. The molecule has 1 N–H and O–H groups in total. The van der Waals surface area contributed by atoms with Crippen LogP contribution in [0.1, 0.15) is 21.9 Å². The molecule has 6 heteroatoms. The maximum absolute atomic E-state index is 11.5. The number of hydrogen-bond acceptors (Lipinski definition) is 4. The van der Waals surface area contributed by atoms with Crippen LogP contribution in [0.3, 0.4) is 0 Å². The molecule has 0 atom stereocenters. The third kappa shape index (κ3) is 1.85. The zero-order valence-corrected chi connectivity index (χ0v) is 11.5. The third-order valence-electron chi connectivity index (χ3n) is 3.16. The summed E-state index contributed by atoms with van der Waals surface area (Å²) in [7, 11) is 1.36. The van der Waals surface area contributed by atoms with Gasteiger partial charge in [0.25, 0.3) is 0 Å². The maximum atomic E-state index is 11.5. The number of carbonyl (C=O) groups excluding carboxylic acids is 1. The number of aromatic amines is 1. The van der Waals surface area contributed by atoms with Gasteiger partial charge in [0.1, 0.15) is 5.82 Å². The van der Waals surface area contributed by atoms with Crippen molar-refractivity contribution in [2.75, 3.05) is 7.11 Å². The predicted molar refractivity (Wildman–Crippen MR) is 74.0 cm³/mol. The van der Waals surface area contributed by atoms with E-state index in [1.165, 1.54) is 7.11 Å². The highest BCUT2D eigenvalue weighted by molar-refractivity contribution is 5.94. The van der Waals surface area contributed by atoms with Crippen molar-refractivity contribution >= 4 is 17.0 Å². The second-order valence-electron chi connectivity index (χ2n) is 4.60. The molecule has 0 fully saturated rings. The van der Waals surface area contributed by atoms with Gasteiger partial charge >= 0.3 is 5.97 Å². The molecule has 0 saturated carbocycles. The number of methoxy groups -OCH3 is 1. The minimum Gasteiger partial charge on any atom is -0.465 e. The first-order chi connectivity index (χ1) is 9.60. The van der Waals surface area contributed by atoms with E-state index in [4.69, 9.17) is 4.74 Å². The number of nitrogens with one attached hydrogen (secondary N) is 1. The van der Waals surface area contributed by atoms with Crippen molar-refractivity contribution in [3.63, 3.8) is 0 Å². The Labute approximate surface area is 115 Å². The summed E-state index contributed by atoms with van der Waals surface area (Å²) in [6, 6.07) is 7.25. The van der Waals surface area contributed by atoms with E-state index < -0.39 is 0 Å². The first kappa shape index (κ1) is 12.4. The zero-order valence-electron chi connectivity index (χ0n) is 11.5. The van der Waals surface area contributed by atoms with Crippen molar-refractivity contribution in [3.8, 4) is 5.82 Å². The Balaban J connectivity index is 2.19. The minimum absolute atomic E-state index is 0.366. The highest BCUT2D eigenvalue weighted by Gasteiger charge is 2.14. The smallest absolute Gasteiger partial charge is 0.337 e. The topological polar surface area (TPSA) is 72.8 Å². The average Bonchev–Trinajstić information content (AvgIpc) is 2.99. The fourth-order valence-electron chi connectivity index (χ4n) is 2.25. The monoisotopic (exact) mass is 270 g/mol. The van der Waals surface area contributed by atoms with Crippen LogP contribution in [0.5, 0.6) is 0 Å². The van der Waals surface area contributed by atoms with Gasteiger partial charge in [0.2, 0.25) is 0 Å². The summed E-state index contributed by atoms with van der Waals surface area (Å²) in [4.78, 5) is 16.0. The lowest BCUT2D eigenvalue weighted by Crippen LogP contribution is -2.01.